The van der Waals surface area contributed by atoms with Gasteiger partial charge in [0.15, 0.2) is 0 Å². The van der Waals surface area contributed by atoms with E-state index in [2.05, 4.69) is 26.1 Å². The predicted octanol–water partition coefficient (Wildman–Crippen LogP) is 4.03. The van der Waals surface area contributed by atoms with E-state index >= 15 is 0 Å². The average Bonchev–Trinajstić information content (AvgIpc) is 2.87. The van der Waals surface area contributed by atoms with Crippen LogP contribution in [0.15, 0.2) is 64.2 Å². The molecule has 0 aliphatic heterocycles. The summed E-state index contributed by atoms with van der Waals surface area (Å²) in [5.41, 5.74) is 2.44. The first kappa shape index (κ1) is 15.3. The molecule has 116 valence electrons. The van der Waals surface area contributed by atoms with Crippen LogP contribution in [0.4, 0.5) is 0 Å². The standard InChI is InChI=1S/C17H15BrN4O/c1-12-16(11-20-19)17(23-15-9-7-13(18)8-10-15)22(21-12)14-5-3-2-4-6-14/h2-11H,19H2,1H3/b20-11-. The number of aromatic nitrogens is 2. The van der Waals surface area contributed by atoms with Gasteiger partial charge < -0.3 is 10.6 Å². The van der Waals surface area contributed by atoms with Gasteiger partial charge in [0, 0.05) is 4.47 Å². The summed E-state index contributed by atoms with van der Waals surface area (Å²) in [5, 5.41) is 8.17. The van der Waals surface area contributed by atoms with Gasteiger partial charge >= 0.3 is 0 Å². The maximum absolute atomic E-state index is 6.06. The fourth-order valence-corrected chi connectivity index (χ4v) is 2.46. The summed E-state index contributed by atoms with van der Waals surface area (Å²) in [5.74, 6) is 6.61. The molecule has 0 atom stereocenters. The number of benzene rings is 2. The molecule has 3 rings (SSSR count). The van der Waals surface area contributed by atoms with Crippen LogP contribution in [-0.2, 0) is 0 Å². The van der Waals surface area contributed by atoms with Gasteiger partial charge in [-0.3, -0.25) is 0 Å². The van der Waals surface area contributed by atoms with Crippen molar-refractivity contribution in [2.24, 2.45) is 10.9 Å². The van der Waals surface area contributed by atoms with E-state index < -0.39 is 0 Å². The zero-order chi connectivity index (χ0) is 16.2. The minimum Gasteiger partial charge on any atom is -0.438 e. The van der Waals surface area contributed by atoms with Gasteiger partial charge in [-0.1, -0.05) is 34.1 Å². The quantitative estimate of drug-likeness (QED) is 0.428. The molecule has 0 spiro atoms. The molecule has 0 saturated carbocycles. The summed E-state index contributed by atoms with van der Waals surface area (Å²) in [6, 6.07) is 17.4. The monoisotopic (exact) mass is 370 g/mol. The van der Waals surface area contributed by atoms with Crippen molar-refractivity contribution in [3.63, 3.8) is 0 Å². The number of ether oxygens (including phenoxy) is 1. The SMILES string of the molecule is Cc1nn(-c2ccccc2)c(Oc2ccc(Br)cc2)c1/C=N\N. The third-order valence-corrected chi connectivity index (χ3v) is 3.82. The molecule has 1 heterocycles. The molecule has 2 N–H and O–H groups in total. The lowest BCUT2D eigenvalue weighted by molar-refractivity contribution is 0.443. The van der Waals surface area contributed by atoms with E-state index in [0.717, 1.165) is 21.4 Å². The van der Waals surface area contributed by atoms with Crippen LogP contribution >= 0.6 is 15.9 Å². The highest BCUT2D eigenvalue weighted by Gasteiger charge is 2.17. The number of nitrogens with two attached hydrogens (primary N) is 1. The van der Waals surface area contributed by atoms with Crippen molar-refractivity contribution in [2.75, 3.05) is 0 Å². The molecule has 6 heteroatoms. The van der Waals surface area contributed by atoms with Gasteiger partial charge in [-0.25, -0.2) is 0 Å². The number of aryl methyl sites for hydroxylation is 1. The Kier molecular flexibility index (Phi) is 4.43. The van der Waals surface area contributed by atoms with Crippen molar-refractivity contribution in [2.45, 2.75) is 6.92 Å². The zero-order valence-electron chi connectivity index (χ0n) is 12.5. The number of para-hydroxylation sites is 1. The van der Waals surface area contributed by atoms with Gasteiger partial charge in [0.1, 0.15) is 5.75 Å². The Labute approximate surface area is 142 Å². The fraction of sp³-hybridized carbons (Fsp3) is 0.0588. The molecular formula is C17H15BrN4O. The predicted molar refractivity (Wildman–Crippen MR) is 94.3 cm³/mol. The van der Waals surface area contributed by atoms with Crippen LogP contribution in [0, 0.1) is 6.92 Å². The number of hydrogen-bond acceptors (Lipinski definition) is 4. The first-order valence-corrected chi connectivity index (χ1v) is 7.80. The van der Waals surface area contributed by atoms with E-state index in [1.165, 1.54) is 0 Å². The van der Waals surface area contributed by atoms with Gasteiger partial charge in [0.05, 0.1) is 23.2 Å². The minimum absolute atomic E-state index is 0.574. The molecule has 0 aliphatic carbocycles. The zero-order valence-corrected chi connectivity index (χ0v) is 14.1. The molecule has 0 unspecified atom stereocenters. The molecule has 0 fully saturated rings. The van der Waals surface area contributed by atoms with Crippen molar-refractivity contribution in [3.8, 4) is 17.3 Å². The molecule has 0 radical (unpaired) electrons. The van der Waals surface area contributed by atoms with Crippen molar-refractivity contribution in [3.05, 3.63) is 70.3 Å². The summed E-state index contributed by atoms with van der Waals surface area (Å²) in [6.45, 7) is 1.89. The second-order valence-electron chi connectivity index (χ2n) is 4.89. The van der Waals surface area contributed by atoms with Crippen molar-refractivity contribution in [1.29, 1.82) is 0 Å². The molecule has 3 aromatic rings. The van der Waals surface area contributed by atoms with Gasteiger partial charge in [-0.05, 0) is 43.3 Å². The Morgan fingerprint density at radius 3 is 2.48 bits per heavy atom. The van der Waals surface area contributed by atoms with Crippen LogP contribution in [-0.4, -0.2) is 16.0 Å². The lowest BCUT2D eigenvalue weighted by Crippen LogP contribution is -2.00. The van der Waals surface area contributed by atoms with Crippen LogP contribution in [0.25, 0.3) is 5.69 Å². The maximum Gasteiger partial charge on any atom is 0.231 e. The Morgan fingerprint density at radius 2 is 1.83 bits per heavy atom. The van der Waals surface area contributed by atoms with Crippen LogP contribution in [0.2, 0.25) is 0 Å². The van der Waals surface area contributed by atoms with E-state index in [4.69, 9.17) is 10.6 Å². The van der Waals surface area contributed by atoms with E-state index in [1.807, 2.05) is 61.5 Å². The number of nitrogens with zero attached hydrogens (tertiary/aromatic N) is 3. The van der Waals surface area contributed by atoms with Crippen molar-refractivity contribution < 1.29 is 4.74 Å². The highest BCUT2D eigenvalue weighted by atomic mass is 79.9. The summed E-state index contributed by atoms with van der Waals surface area (Å²) >= 11 is 3.41. The van der Waals surface area contributed by atoms with Crippen LogP contribution in [0.1, 0.15) is 11.3 Å². The van der Waals surface area contributed by atoms with Gasteiger partial charge in [0.2, 0.25) is 5.88 Å². The molecule has 1 aromatic heterocycles. The molecule has 0 bridgehead atoms. The first-order valence-electron chi connectivity index (χ1n) is 7.01. The molecule has 5 nitrogen and oxygen atoms in total. The minimum atomic E-state index is 0.574. The first-order chi connectivity index (χ1) is 11.2. The summed E-state index contributed by atoms with van der Waals surface area (Å²) in [4.78, 5) is 0. The van der Waals surface area contributed by atoms with E-state index in [0.29, 0.717) is 11.6 Å². The molecular weight excluding hydrogens is 356 g/mol. The average molecular weight is 371 g/mol. The summed E-state index contributed by atoms with van der Waals surface area (Å²) in [7, 11) is 0. The normalized spacial score (nSPS) is 11.0. The smallest absolute Gasteiger partial charge is 0.231 e. The number of hydrogen-bond donors (Lipinski definition) is 1. The Morgan fingerprint density at radius 1 is 1.13 bits per heavy atom. The topological polar surface area (TPSA) is 65.4 Å². The number of hydrazone groups is 1. The molecule has 2 aromatic carbocycles. The second kappa shape index (κ2) is 6.66. The lowest BCUT2D eigenvalue weighted by Gasteiger charge is -2.10. The van der Waals surface area contributed by atoms with E-state index in [-0.39, 0.29) is 0 Å². The Balaban J connectivity index is 2.10. The highest BCUT2D eigenvalue weighted by molar-refractivity contribution is 9.10. The van der Waals surface area contributed by atoms with E-state index in [9.17, 15) is 0 Å². The summed E-state index contributed by atoms with van der Waals surface area (Å²) < 4.78 is 8.79. The van der Waals surface area contributed by atoms with Crippen LogP contribution in [0.5, 0.6) is 11.6 Å². The van der Waals surface area contributed by atoms with Gasteiger partial charge in [0.25, 0.3) is 0 Å². The second-order valence-corrected chi connectivity index (χ2v) is 5.80. The Bertz CT molecular complexity index is 826. The third-order valence-electron chi connectivity index (χ3n) is 3.30. The third kappa shape index (κ3) is 3.27. The molecule has 0 amide bonds. The highest BCUT2D eigenvalue weighted by Crippen LogP contribution is 2.30. The number of halogens is 1. The molecule has 23 heavy (non-hydrogen) atoms. The molecule has 0 saturated heterocycles. The van der Waals surface area contributed by atoms with Gasteiger partial charge in [-0.15, -0.1) is 0 Å². The molecule has 0 aliphatic rings. The van der Waals surface area contributed by atoms with E-state index in [1.54, 1.807) is 10.9 Å². The maximum atomic E-state index is 6.06. The lowest BCUT2D eigenvalue weighted by atomic mass is 10.2. The van der Waals surface area contributed by atoms with Crippen molar-refractivity contribution >= 4 is 22.1 Å². The van der Waals surface area contributed by atoms with Gasteiger partial charge in [-0.2, -0.15) is 14.9 Å². The van der Waals surface area contributed by atoms with Crippen LogP contribution < -0.4 is 10.6 Å². The number of rotatable bonds is 4. The Hall–Kier alpha value is -2.60. The largest absolute Gasteiger partial charge is 0.438 e. The summed E-state index contributed by atoms with van der Waals surface area (Å²) in [6.07, 6.45) is 1.55. The fourth-order valence-electron chi connectivity index (χ4n) is 2.20. The van der Waals surface area contributed by atoms with Crippen molar-refractivity contribution in [1.82, 2.24) is 9.78 Å². The van der Waals surface area contributed by atoms with Crippen LogP contribution in [0.3, 0.4) is 0 Å².